The Kier molecular flexibility index (Phi) is 5.00. The van der Waals surface area contributed by atoms with E-state index in [4.69, 9.17) is 4.42 Å². The first-order chi connectivity index (χ1) is 13.6. The molecule has 0 spiro atoms. The number of hydrogen-bond acceptors (Lipinski definition) is 5. The highest BCUT2D eigenvalue weighted by Crippen LogP contribution is 2.47. The van der Waals surface area contributed by atoms with E-state index in [9.17, 15) is 9.59 Å². The van der Waals surface area contributed by atoms with E-state index in [1.54, 1.807) is 18.4 Å². The molecule has 1 fully saturated rings. The van der Waals surface area contributed by atoms with Crippen LogP contribution in [-0.4, -0.2) is 23.3 Å². The molecule has 4 rings (SSSR count). The Morgan fingerprint density at radius 1 is 1.21 bits per heavy atom. The van der Waals surface area contributed by atoms with E-state index < -0.39 is 0 Å². The normalized spacial score (nSPS) is 14.5. The Morgan fingerprint density at radius 2 is 2.00 bits per heavy atom. The molecule has 0 atom stereocenters. The van der Waals surface area contributed by atoms with Crippen molar-refractivity contribution in [1.82, 2.24) is 10.3 Å². The first-order valence-electron chi connectivity index (χ1n) is 9.18. The maximum atomic E-state index is 12.3. The summed E-state index contributed by atoms with van der Waals surface area (Å²) in [5.74, 6) is 0.229. The van der Waals surface area contributed by atoms with E-state index >= 15 is 0 Å². The quantitative estimate of drug-likeness (QED) is 0.639. The summed E-state index contributed by atoms with van der Waals surface area (Å²) in [6.45, 7) is 2.37. The van der Waals surface area contributed by atoms with Gasteiger partial charge in [-0.25, -0.2) is 4.98 Å². The number of thiazole rings is 1. The standard InChI is InChI=1S/C21H21N3O3S/c1-14-17(7-10-27-14)19(26)24-20-23-16(12-28-20)11-18(25)22-13-21(8-9-21)15-5-3-2-4-6-15/h2-7,10,12H,8-9,11,13H2,1H3,(H,22,25)(H,23,24,26). The second-order valence-corrected chi connectivity index (χ2v) is 7.95. The zero-order valence-corrected chi connectivity index (χ0v) is 16.3. The number of carbonyl (C=O) groups excluding carboxylic acids is 2. The van der Waals surface area contributed by atoms with Gasteiger partial charge in [-0.3, -0.25) is 14.9 Å². The summed E-state index contributed by atoms with van der Waals surface area (Å²) < 4.78 is 5.14. The number of nitrogens with one attached hydrogen (secondary N) is 2. The average Bonchev–Trinajstić information content (AvgIpc) is 3.17. The molecular weight excluding hydrogens is 374 g/mol. The third kappa shape index (κ3) is 3.99. The van der Waals surface area contributed by atoms with Crippen LogP contribution >= 0.6 is 11.3 Å². The van der Waals surface area contributed by atoms with Crippen molar-refractivity contribution >= 4 is 28.3 Å². The maximum absolute atomic E-state index is 12.3. The smallest absolute Gasteiger partial charge is 0.260 e. The number of aryl methyl sites for hydroxylation is 1. The van der Waals surface area contributed by atoms with E-state index in [-0.39, 0.29) is 23.7 Å². The van der Waals surface area contributed by atoms with E-state index in [0.29, 0.717) is 28.7 Å². The van der Waals surface area contributed by atoms with Crippen molar-refractivity contribution < 1.29 is 14.0 Å². The largest absolute Gasteiger partial charge is 0.469 e. The third-order valence-corrected chi connectivity index (χ3v) is 5.89. The van der Waals surface area contributed by atoms with Gasteiger partial charge >= 0.3 is 0 Å². The summed E-state index contributed by atoms with van der Waals surface area (Å²) in [5, 5.41) is 8.04. The third-order valence-electron chi connectivity index (χ3n) is 5.08. The lowest BCUT2D eigenvalue weighted by Gasteiger charge is -2.16. The lowest BCUT2D eigenvalue weighted by Crippen LogP contribution is -2.33. The number of rotatable bonds is 7. The van der Waals surface area contributed by atoms with Gasteiger partial charge in [-0.2, -0.15) is 0 Å². The highest BCUT2D eigenvalue weighted by Gasteiger charge is 2.44. The zero-order valence-electron chi connectivity index (χ0n) is 15.5. The molecule has 0 bridgehead atoms. The molecule has 2 aromatic heterocycles. The molecule has 1 saturated carbocycles. The molecule has 1 aliphatic rings. The molecule has 0 unspecified atom stereocenters. The minimum absolute atomic E-state index is 0.0592. The molecule has 144 valence electrons. The van der Waals surface area contributed by atoms with Gasteiger partial charge in [0.15, 0.2) is 5.13 Å². The van der Waals surface area contributed by atoms with Crippen molar-refractivity contribution in [3.05, 3.63) is 70.6 Å². The van der Waals surface area contributed by atoms with Crippen LogP contribution in [0.4, 0.5) is 5.13 Å². The first-order valence-corrected chi connectivity index (χ1v) is 10.1. The summed E-state index contributed by atoms with van der Waals surface area (Å²) in [5.41, 5.74) is 2.49. The molecule has 7 heteroatoms. The first kappa shape index (κ1) is 18.4. The highest BCUT2D eigenvalue weighted by molar-refractivity contribution is 7.14. The van der Waals surface area contributed by atoms with Crippen LogP contribution < -0.4 is 10.6 Å². The number of nitrogens with zero attached hydrogens (tertiary/aromatic N) is 1. The van der Waals surface area contributed by atoms with Crippen LogP contribution in [0.15, 0.2) is 52.5 Å². The fraction of sp³-hybridized carbons (Fsp3) is 0.286. The van der Waals surface area contributed by atoms with Crippen molar-refractivity contribution in [3.8, 4) is 0 Å². The predicted octanol–water partition coefficient (Wildman–Crippen LogP) is 3.69. The molecule has 2 heterocycles. The summed E-state index contributed by atoms with van der Waals surface area (Å²) in [6, 6.07) is 11.9. The van der Waals surface area contributed by atoms with E-state index in [1.807, 2.05) is 18.2 Å². The van der Waals surface area contributed by atoms with Crippen LogP contribution in [0, 0.1) is 6.92 Å². The van der Waals surface area contributed by atoms with Gasteiger partial charge in [0, 0.05) is 17.3 Å². The predicted molar refractivity (Wildman–Crippen MR) is 108 cm³/mol. The zero-order chi connectivity index (χ0) is 19.6. The van der Waals surface area contributed by atoms with E-state index in [2.05, 4.69) is 27.8 Å². The lowest BCUT2D eigenvalue weighted by atomic mass is 9.96. The molecular formula is C21H21N3O3S. The van der Waals surface area contributed by atoms with Crippen LogP contribution in [0.1, 0.15) is 40.2 Å². The van der Waals surface area contributed by atoms with Gasteiger partial charge in [-0.1, -0.05) is 30.3 Å². The number of furan rings is 1. The molecule has 0 saturated heterocycles. The van der Waals surface area contributed by atoms with Crippen LogP contribution in [0.3, 0.4) is 0 Å². The summed E-state index contributed by atoms with van der Waals surface area (Å²) in [6.07, 6.45) is 3.86. The van der Waals surface area contributed by atoms with E-state index in [0.717, 1.165) is 12.8 Å². The van der Waals surface area contributed by atoms with Gasteiger partial charge in [-0.05, 0) is 31.4 Å². The molecule has 0 aliphatic heterocycles. The van der Waals surface area contributed by atoms with Gasteiger partial charge in [-0.15, -0.1) is 11.3 Å². The molecule has 0 radical (unpaired) electrons. The molecule has 1 aromatic carbocycles. The second-order valence-electron chi connectivity index (χ2n) is 7.09. The van der Waals surface area contributed by atoms with Crippen LogP contribution in [0.25, 0.3) is 0 Å². The number of amides is 2. The number of carbonyl (C=O) groups is 2. The Labute approximate surface area is 167 Å². The van der Waals surface area contributed by atoms with Crippen LogP contribution in [0.5, 0.6) is 0 Å². The van der Waals surface area contributed by atoms with Crippen LogP contribution in [0.2, 0.25) is 0 Å². The number of hydrogen-bond donors (Lipinski definition) is 2. The van der Waals surface area contributed by atoms with Gasteiger partial charge in [0.25, 0.3) is 5.91 Å². The minimum Gasteiger partial charge on any atom is -0.469 e. The molecule has 2 N–H and O–H groups in total. The van der Waals surface area contributed by atoms with Crippen molar-refractivity contribution in [1.29, 1.82) is 0 Å². The maximum Gasteiger partial charge on any atom is 0.260 e. The number of anilines is 1. The van der Waals surface area contributed by atoms with Crippen molar-refractivity contribution in [2.75, 3.05) is 11.9 Å². The topological polar surface area (TPSA) is 84.2 Å². The number of aromatic nitrogens is 1. The Balaban J connectivity index is 1.30. The van der Waals surface area contributed by atoms with Crippen molar-refractivity contribution in [3.63, 3.8) is 0 Å². The highest BCUT2D eigenvalue weighted by atomic mass is 32.1. The Hall–Kier alpha value is -2.93. The van der Waals surface area contributed by atoms with Crippen molar-refractivity contribution in [2.24, 2.45) is 0 Å². The summed E-state index contributed by atoms with van der Waals surface area (Å²) in [7, 11) is 0. The SMILES string of the molecule is Cc1occc1C(=O)Nc1nc(CC(=O)NCC2(c3ccccc3)CC2)cs1. The molecule has 3 aromatic rings. The molecule has 6 nitrogen and oxygen atoms in total. The minimum atomic E-state index is -0.268. The van der Waals surface area contributed by atoms with Crippen molar-refractivity contribution in [2.45, 2.75) is 31.6 Å². The van der Waals surface area contributed by atoms with E-state index in [1.165, 1.54) is 23.2 Å². The molecule has 28 heavy (non-hydrogen) atoms. The van der Waals surface area contributed by atoms with Gasteiger partial charge < -0.3 is 9.73 Å². The molecule has 2 amide bonds. The number of benzene rings is 1. The lowest BCUT2D eigenvalue weighted by molar-refractivity contribution is -0.120. The second kappa shape index (κ2) is 7.59. The fourth-order valence-electron chi connectivity index (χ4n) is 3.24. The summed E-state index contributed by atoms with van der Waals surface area (Å²) in [4.78, 5) is 28.9. The van der Waals surface area contributed by atoms with Crippen LogP contribution in [-0.2, 0) is 16.6 Å². The fourth-order valence-corrected chi connectivity index (χ4v) is 3.94. The molecule has 1 aliphatic carbocycles. The summed E-state index contributed by atoms with van der Waals surface area (Å²) >= 11 is 1.30. The van der Waals surface area contributed by atoms with Gasteiger partial charge in [0.1, 0.15) is 5.76 Å². The monoisotopic (exact) mass is 395 g/mol. The Morgan fingerprint density at radius 3 is 2.68 bits per heavy atom. The average molecular weight is 395 g/mol. The van der Waals surface area contributed by atoms with Gasteiger partial charge in [0.05, 0.1) is 23.9 Å². The van der Waals surface area contributed by atoms with Gasteiger partial charge in [0.2, 0.25) is 5.91 Å². The Bertz CT molecular complexity index is 989.